The van der Waals surface area contributed by atoms with Gasteiger partial charge < -0.3 is 16.2 Å². The number of sulfonamides is 1. The first-order chi connectivity index (χ1) is 9.84. The zero-order valence-electron chi connectivity index (χ0n) is 12.8. The fraction of sp³-hybridized carbons (Fsp3) is 0.571. The number of aliphatic hydroxyl groups excluding tert-OH is 1. The molecule has 21 heavy (non-hydrogen) atoms. The number of anilines is 2. The van der Waals surface area contributed by atoms with Crippen LogP contribution in [-0.2, 0) is 10.0 Å². The average Bonchev–Trinajstić information content (AvgIpc) is 2.50. The van der Waals surface area contributed by atoms with E-state index in [2.05, 4.69) is 10.0 Å². The van der Waals surface area contributed by atoms with Gasteiger partial charge >= 0.3 is 0 Å². The number of hydrogen-bond acceptors (Lipinski definition) is 5. The van der Waals surface area contributed by atoms with Gasteiger partial charge in [0.2, 0.25) is 10.0 Å². The highest BCUT2D eigenvalue weighted by atomic mass is 32.2. The second-order valence-electron chi connectivity index (χ2n) is 5.18. The Bertz CT molecular complexity index is 561. The lowest BCUT2D eigenvalue weighted by molar-refractivity contribution is 0.127. The van der Waals surface area contributed by atoms with Gasteiger partial charge in [-0.1, -0.05) is 13.8 Å². The molecule has 1 aromatic rings. The van der Waals surface area contributed by atoms with E-state index >= 15 is 0 Å². The van der Waals surface area contributed by atoms with Crippen molar-refractivity contribution in [3.8, 4) is 0 Å². The van der Waals surface area contributed by atoms with Crippen molar-refractivity contribution in [1.29, 1.82) is 0 Å². The molecular weight excluding hydrogens is 290 g/mol. The number of nitrogens with one attached hydrogen (secondary N) is 2. The Balaban J connectivity index is 3.10. The van der Waals surface area contributed by atoms with Gasteiger partial charge in [0.1, 0.15) is 4.90 Å². The summed E-state index contributed by atoms with van der Waals surface area (Å²) in [4.78, 5) is 0.115. The topological polar surface area (TPSA) is 104 Å². The smallest absolute Gasteiger partial charge is 0.242 e. The molecule has 0 fully saturated rings. The molecular formula is C14H25N3O3S. The van der Waals surface area contributed by atoms with E-state index < -0.39 is 10.0 Å². The molecule has 5 N–H and O–H groups in total. The van der Waals surface area contributed by atoms with E-state index in [0.717, 1.165) is 12.8 Å². The zero-order valence-corrected chi connectivity index (χ0v) is 13.6. The van der Waals surface area contributed by atoms with Gasteiger partial charge in [-0.15, -0.1) is 0 Å². The summed E-state index contributed by atoms with van der Waals surface area (Å²) in [5.74, 6) is 0. The summed E-state index contributed by atoms with van der Waals surface area (Å²) >= 11 is 0. The minimum absolute atomic E-state index is 0.0517. The maximum absolute atomic E-state index is 12.1. The molecule has 0 spiro atoms. The van der Waals surface area contributed by atoms with Crippen LogP contribution in [0.5, 0.6) is 0 Å². The lowest BCUT2D eigenvalue weighted by atomic mass is 9.83. The van der Waals surface area contributed by atoms with Crippen LogP contribution in [0.15, 0.2) is 23.1 Å². The van der Waals surface area contributed by atoms with E-state index in [9.17, 15) is 13.5 Å². The van der Waals surface area contributed by atoms with E-state index in [1.54, 1.807) is 12.1 Å². The molecule has 0 unspecified atom stereocenters. The predicted molar refractivity (Wildman–Crippen MR) is 85.7 cm³/mol. The lowest BCUT2D eigenvalue weighted by Gasteiger charge is -2.30. The summed E-state index contributed by atoms with van der Waals surface area (Å²) in [6.45, 7) is 4.56. The third-order valence-corrected chi connectivity index (χ3v) is 5.51. The van der Waals surface area contributed by atoms with E-state index in [-0.39, 0.29) is 16.9 Å². The summed E-state index contributed by atoms with van der Waals surface area (Å²) in [6, 6.07) is 4.72. The van der Waals surface area contributed by atoms with Gasteiger partial charge in [-0.25, -0.2) is 13.1 Å². The SMILES string of the molecule is CCC(CC)(CO)CNc1ccc(N)cc1S(=O)(=O)NC. The highest BCUT2D eigenvalue weighted by Crippen LogP contribution is 2.29. The van der Waals surface area contributed by atoms with E-state index in [0.29, 0.717) is 17.9 Å². The fourth-order valence-electron chi connectivity index (χ4n) is 2.08. The molecule has 0 radical (unpaired) electrons. The molecule has 0 aliphatic rings. The first-order valence-electron chi connectivity index (χ1n) is 7.02. The molecule has 0 aliphatic carbocycles. The molecule has 120 valence electrons. The quantitative estimate of drug-likeness (QED) is 0.543. The Morgan fingerprint density at radius 2 is 1.90 bits per heavy atom. The molecule has 0 saturated heterocycles. The first-order valence-corrected chi connectivity index (χ1v) is 8.50. The monoisotopic (exact) mass is 315 g/mol. The Labute approximate surface area is 126 Å². The van der Waals surface area contributed by atoms with E-state index in [1.807, 2.05) is 13.8 Å². The Kier molecular flexibility index (Phi) is 6.00. The van der Waals surface area contributed by atoms with Crippen molar-refractivity contribution in [3.63, 3.8) is 0 Å². The van der Waals surface area contributed by atoms with Crippen molar-refractivity contribution >= 4 is 21.4 Å². The summed E-state index contributed by atoms with van der Waals surface area (Å²) in [7, 11) is -2.23. The first kappa shape index (κ1) is 17.7. The zero-order chi connectivity index (χ0) is 16.1. The van der Waals surface area contributed by atoms with Crippen LogP contribution in [0.2, 0.25) is 0 Å². The highest BCUT2D eigenvalue weighted by molar-refractivity contribution is 7.89. The van der Waals surface area contributed by atoms with Gasteiger partial charge in [-0.3, -0.25) is 0 Å². The number of nitrogen functional groups attached to an aromatic ring is 1. The third kappa shape index (κ3) is 4.09. The van der Waals surface area contributed by atoms with Crippen LogP contribution in [0.3, 0.4) is 0 Å². The maximum Gasteiger partial charge on any atom is 0.242 e. The second kappa shape index (κ2) is 7.11. The van der Waals surface area contributed by atoms with Crippen LogP contribution in [0, 0.1) is 5.41 Å². The van der Waals surface area contributed by atoms with Crippen molar-refractivity contribution in [2.75, 3.05) is 31.2 Å². The van der Waals surface area contributed by atoms with Crippen LogP contribution < -0.4 is 15.8 Å². The number of rotatable bonds is 8. The fourth-order valence-corrected chi connectivity index (χ4v) is 3.02. The average molecular weight is 315 g/mol. The van der Waals surface area contributed by atoms with Crippen LogP contribution >= 0.6 is 0 Å². The van der Waals surface area contributed by atoms with Crippen LogP contribution in [-0.4, -0.2) is 33.7 Å². The number of aliphatic hydroxyl groups is 1. The van der Waals surface area contributed by atoms with Crippen molar-refractivity contribution in [3.05, 3.63) is 18.2 Å². The predicted octanol–water partition coefficient (Wildman–Crippen LogP) is 1.39. The number of nitrogens with two attached hydrogens (primary N) is 1. The molecule has 0 heterocycles. The van der Waals surface area contributed by atoms with Gasteiger partial charge in [0.25, 0.3) is 0 Å². The van der Waals surface area contributed by atoms with Crippen LogP contribution in [0.25, 0.3) is 0 Å². The third-order valence-electron chi connectivity index (χ3n) is 4.05. The molecule has 7 heteroatoms. The van der Waals surface area contributed by atoms with Crippen LogP contribution in [0.4, 0.5) is 11.4 Å². The second-order valence-corrected chi connectivity index (χ2v) is 7.04. The van der Waals surface area contributed by atoms with E-state index in [4.69, 9.17) is 5.73 Å². The van der Waals surface area contributed by atoms with Crippen LogP contribution in [0.1, 0.15) is 26.7 Å². The van der Waals surface area contributed by atoms with Crippen molar-refractivity contribution in [2.45, 2.75) is 31.6 Å². The van der Waals surface area contributed by atoms with Crippen molar-refractivity contribution < 1.29 is 13.5 Å². The van der Waals surface area contributed by atoms with Crippen molar-refractivity contribution in [2.24, 2.45) is 5.41 Å². The van der Waals surface area contributed by atoms with Gasteiger partial charge in [-0.05, 0) is 38.1 Å². The summed E-state index contributed by atoms with van der Waals surface area (Å²) in [5.41, 5.74) is 6.29. The number of hydrogen-bond donors (Lipinski definition) is 4. The summed E-state index contributed by atoms with van der Waals surface area (Å²) < 4.78 is 26.4. The molecule has 0 aromatic heterocycles. The van der Waals surface area contributed by atoms with Crippen molar-refractivity contribution in [1.82, 2.24) is 4.72 Å². The maximum atomic E-state index is 12.1. The molecule has 0 bridgehead atoms. The molecule has 0 saturated carbocycles. The largest absolute Gasteiger partial charge is 0.399 e. The highest BCUT2D eigenvalue weighted by Gasteiger charge is 2.26. The Morgan fingerprint density at radius 3 is 2.38 bits per heavy atom. The van der Waals surface area contributed by atoms with Gasteiger partial charge in [0, 0.05) is 17.6 Å². The van der Waals surface area contributed by atoms with E-state index in [1.165, 1.54) is 13.1 Å². The molecule has 6 nitrogen and oxygen atoms in total. The Hall–Kier alpha value is -1.31. The molecule has 1 aromatic carbocycles. The Morgan fingerprint density at radius 1 is 1.29 bits per heavy atom. The van der Waals surface area contributed by atoms with Gasteiger partial charge in [0.15, 0.2) is 0 Å². The molecule has 1 rings (SSSR count). The van der Waals surface area contributed by atoms with Gasteiger partial charge in [-0.2, -0.15) is 0 Å². The molecule has 0 amide bonds. The minimum atomic E-state index is -3.59. The normalized spacial score (nSPS) is 12.4. The summed E-state index contributed by atoms with van der Waals surface area (Å²) in [5, 5.41) is 12.7. The summed E-state index contributed by atoms with van der Waals surface area (Å²) in [6.07, 6.45) is 1.60. The lowest BCUT2D eigenvalue weighted by Crippen LogP contribution is -2.33. The molecule has 0 aliphatic heterocycles. The number of benzene rings is 1. The molecule has 0 atom stereocenters. The standard InChI is InChI=1S/C14H25N3O3S/c1-4-14(5-2,10-18)9-17-12-7-6-11(15)8-13(12)21(19,20)16-3/h6-8,16-18H,4-5,9-10,15H2,1-3H3. The minimum Gasteiger partial charge on any atom is -0.399 e. The van der Waals surface area contributed by atoms with Gasteiger partial charge in [0.05, 0.1) is 12.3 Å².